The molecule has 1 fully saturated rings. The van der Waals surface area contributed by atoms with E-state index in [1.54, 1.807) is 30.3 Å². The maximum absolute atomic E-state index is 13.7. The quantitative estimate of drug-likeness (QED) is 0.911. The van der Waals surface area contributed by atoms with Crippen LogP contribution >= 0.6 is 0 Å². The molecular weight excluding hydrogens is 311 g/mol. The second kappa shape index (κ2) is 7.35. The second-order valence-electron chi connectivity index (χ2n) is 5.59. The van der Waals surface area contributed by atoms with Crippen LogP contribution in [-0.2, 0) is 4.79 Å². The third kappa shape index (κ3) is 3.51. The van der Waals surface area contributed by atoms with Gasteiger partial charge in [0.15, 0.2) is 11.6 Å². The number of hydrogen-bond donors (Lipinski definition) is 1. The summed E-state index contributed by atoms with van der Waals surface area (Å²) in [6.45, 7) is 0.987. The van der Waals surface area contributed by atoms with Crippen LogP contribution in [0.25, 0.3) is 0 Å². The standard InChI is InChI=1S/C17H19FN4O2/c1-19-11-17(23)22-8-4-6-14(22)13-9-20-10-16(21-13)24-15-7-3-2-5-12(15)18/h2-3,5,7,9-10,14,19H,4,6,8,11H2,1H3/t14-/m0/s1. The number of amides is 1. The minimum Gasteiger partial charge on any atom is -0.434 e. The number of para-hydroxylation sites is 1. The van der Waals surface area contributed by atoms with E-state index in [0.29, 0.717) is 12.2 Å². The van der Waals surface area contributed by atoms with E-state index in [2.05, 4.69) is 15.3 Å². The van der Waals surface area contributed by atoms with E-state index in [-0.39, 0.29) is 30.1 Å². The van der Waals surface area contributed by atoms with E-state index in [1.807, 2.05) is 0 Å². The molecule has 1 aliphatic heterocycles. The highest BCUT2D eigenvalue weighted by molar-refractivity contribution is 5.79. The molecule has 6 nitrogen and oxygen atoms in total. The van der Waals surface area contributed by atoms with Crippen LogP contribution in [0.4, 0.5) is 4.39 Å². The number of carbonyl (C=O) groups excluding carboxylic acids is 1. The van der Waals surface area contributed by atoms with Gasteiger partial charge >= 0.3 is 0 Å². The summed E-state index contributed by atoms with van der Waals surface area (Å²) in [7, 11) is 1.74. The number of ether oxygens (including phenoxy) is 1. The van der Waals surface area contributed by atoms with Gasteiger partial charge in [0.05, 0.1) is 30.7 Å². The van der Waals surface area contributed by atoms with Crippen LogP contribution in [0.2, 0.25) is 0 Å². The van der Waals surface area contributed by atoms with Gasteiger partial charge in [-0.2, -0.15) is 0 Å². The zero-order chi connectivity index (χ0) is 16.9. The first-order valence-electron chi connectivity index (χ1n) is 7.87. The summed E-state index contributed by atoms with van der Waals surface area (Å²) in [5, 5.41) is 2.87. The van der Waals surface area contributed by atoms with Crippen molar-refractivity contribution in [3.63, 3.8) is 0 Å². The van der Waals surface area contributed by atoms with Crippen molar-refractivity contribution in [2.45, 2.75) is 18.9 Å². The number of benzene rings is 1. The molecule has 1 aliphatic rings. The number of likely N-dealkylation sites (N-methyl/N-ethyl adjacent to an activating group) is 1. The molecule has 126 valence electrons. The minimum absolute atomic E-state index is 0.0298. The fourth-order valence-electron chi connectivity index (χ4n) is 2.84. The molecular formula is C17H19FN4O2. The lowest BCUT2D eigenvalue weighted by molar-refractivity contribution is -0.131. The topological polar surface area (TPSA) is 67.4 Å². The van der Waals surface area contributed by atoms with E-state index >= 15 is 0 Å². The number of nitrogens with zero attached hydrogens (tertiary/aromatic N) is 3. The molecule has 2 aromatic rings. The van der Waals surface area contributed by atoms with Crippen molar-refractivity contribution >= 4 is 5.91 Å². The van der Waals surface area contributed by atoms with E-state index in [0.717, 1.165) is 12.8 Å². The zero-order valence-corrected chi connectivity index (χ0v) is 13.4. The Kier molecular flexibility index (Phi) is 5.00. The zero-order valence-electron chi connectivity index (χ0n) is 13.4. The lowest BCUT2D eigenvalue weighted by Crippen LogP contribution is -2.36. The van der Waals surface area contributed by atoms with Gasteiger partial charge in [-0.1, -0.05) is 12.1 Å². The third-order valence-electron chi connectivity index (χ3n) is 3.92. The predicted molar refractivity (Wildman–Crippen MR) is 86.1 cm³/mol. The molecule has 0 radical (unpaired) electrons. The van der Waals surface area contributed by atoms with Crippen molar-refractivity contribution in [2.75, 3.05) is 20.1 Å². The molecule has 0 saturated carbocycles. The van der Waals surface area contributed by atoms with Gasteiger partial charge in [0.1, 0.15) is 0 Å². The number of carbonyl (C=O) groups is 1. The molecule has 24 heavy (non-hydrogen) atoms. The average molecular weight is 330 g/mol. The summed E-state index contributed by atoms with van der Waals surface area (Å²) in [6, 6.07) is 6.00. The van der Waals surface area contributed by atoms with Crippen molar-refractivity contribution < 1.29 is 13.9 Å². The molecule has 7 heteroatoms. The van der Waals surface area contributed by atoms with Crippen molar-refractivity contribution in [3.8, 4) is 11.6 Å². The molecule has 0 bridgehead atoms. The van der Waals surface area contributed by atoms with Crippen LogP contribution in [0.5, 0.6) is 11.6 Å². The smallest absolute Gasteiger partial charge is 0.238 e. The fraction of sp³-hybridized carbons (Fsp3) is 0.353. The highest BCUT2D eigenvalue weighted by atomic mass is 19.1. The van der Waals surface area contributed by atoms with Gasteiger partial charge in [-0.25, -0.2) is 9.37 Å². The van der Waals surface area contributed by atoms with Crippen molar-refractivity contribution in [1.82, 2.24) is 20.2 Å². The Labute approximate surface area is 139 Å². The fourth-order valence-corrected chi connectivity index (χ4v) is 2.84. The third-order valence-corrected chi connectivity index (χ3v) is 3.92. The van der Waals surface area contributed by atoms with Gasteiger partial charge in [0.25, 0.3) is 0 Å². The molecule has 1 saturated heterocycles. The Hall–Kier alpha value is -2.54. The Bertz CT molecular complexity index is 725. The molecule has 1 aromatic carbocycles. The summed E-state index contributed by atoms with van der Waals surface area (Å²) in [6.07, 6.45) is 4.81. The molecule has 1 amide bonds. The molecule has 2 heterocycles. The first-order valence-corrected chi connectivity index (χ1v) is 7.87. The Morgan fingerprint density at radius 3 is 3.04 bits per heavy atom. The van der Waals surface area contributed by atoms with Crippen LogP contribution in [0.3, 0.4) is 0 Å². The van der Waals surface area contributed by atoms with Crippen LogP contribution in [0.15, 0.2) is 36.7 Å². The van der Waals surface area contributed by atoms with Gasteiger partial charge in [-0.3, -0.25) is 9.78 Å². The van der Waals surface area contributed by atoms with Gasteiger partial charge in [-0.05, 0) is 32.0 Å². The van der Waals surface area contributed by atoms with E-state index in [4.69, 9.17) is 4.74 Å². The maximum Gasteiger partial charge on any atom is 0.238 e. The molecule has 1 N–H and O–H groups in total. The average Bonchev–Trinajstić information content (AvgIpc) is 3.07. The first-order chi connectivity index (χ1) is 11.7. The Balaban J connectivity index is 1.80. The minimum atomic E-state index is -0.462. The lowest BCUT2D eigenvalue weighted by Gasteiger charge is -2.24. The van der Waals surface area contributed by atoms with Crippen LogP contribution in [0.1, 0.15) is 24.6 Å². The van der Waals surface area contributed by atoms with Crippen LogP contribution < -0.4 is 10.1 Å². The summed E-state index contributed by atoms with van der Waals surface area (Å²) in [5.41, 5.74) is 0.658. The Morgan fingerprint density at radius 2 is 2.25 bits per heavy atom. The predicted octanol–water partition coefficient (Wildman–Crippen LogP) is 2.29. The number of nitrogens with one attached hydrogen (secondary N) is 1. The van der Waals surface area contributed by atoms with Gasteiger partial charge in [0, 0.05) is 6.54 Å². The summed E-state index contributed by atoms with van der Waals surface area (Å²) in [5.74, 6) is -0.123. The highest BCUT2D eigenvalue weighted by Gasteiger charge is 2.30. The molecule has 1 aromatic heterocycles. The van der Waals surface area contributed by atoms with E-state index in [1.165, 1.54) is 18.3 Å². The Morgan fingerprint density at radius 1 is 1.42 bits per heavy atom. The second-order valence-corrected chi connectivity index (χ2v) is 5.59. The highest BCUT2D eigenvalue weighted by Crippen LogP contribution is 2.32. The monoisotopic (exact) mass is 330 g/mol. The van der Waals surface area contributed by atoms with Gasteiger partial charge in [-0.15, -0.1) is 0 Å². The van der Waals surface area contributed by atoms with Gasteiger partial charge in [0.2, 0.25) is 11.8 Å². The SMILES string of the molecule is CNCC(=O)N1CCC[C@H]1c1cncc(Oc2ccccc2F)n1. The number of likely N-dealkylation sites (tertiary alicyclic amines) is 1. The van der Waals surface area contributed by atoms with Crippen LogP contribution in [-0.4, -0.2) is 40.9 Å². The summed E-state index contributed by atoms with van der Waals surface area (Å²) >= 11 is 0. The number of halogens is 1. The number of aromatic nitrogens is 2. The molecule has 0 unspecified atom stereocenters. The van der Waals surface area contributed by atoms with Crippen molar-refractivity contribution in [3.05, 3.63) is 48.2 Å². The number of hydrogen-bond acceptors (Lipinski definition) is 5. The van der Waals surface area contributed by atoms with Crippen LogP contribution in [0, 0.1) is 5.82 Å². The van der Waals surface area contributed by atoms with Crippen molar-refractivity contribution in [2.24, 2.45) is 0 Å². The largest absolute Gasteiger partial charge is 0.434 e. The summed E-state index contributed by atoms with van der Waals surface area (Å²) in [4.78, 5) is 22.5. The number of rotatable bonds is 5. The van der Waals surface area contributed by atoms with E-state index in [9.17, 15) is 9.18 Å². The summed E-state index contributed by atoms with van der Waals surface area (Å²) < 4.78 is 19.2. The van der Waals surface area contributed by atoms with Crippen molar-refractivity contribution in [1.29, 1.82) is 0 Å². The normalized spacial score (nSPS) is 17.1. The molecule has 0 aliphatic carbocycles. The molecule has 0 spiro atoms. The lowest BCUT2D eigenvalue weighted by atomic mass is 10.1. The van der Waals surface area contributed by atoms with Gasteiger partial charge < -0.3 is 15.0 Å². The molecule has 3 rings (SSSR count). The first kappa shape index (κ1) is 16.3. The van der Waals surface area contributed by atoms with E-state index < -0.39 is 5.82 Å². The maximum atomic E-state index is 13.7. The molecule has 1 atom stereocenters.